The first kappa shape index (κ1) is 17.5. The molecule has 2 heterocycles. The van der Waals surface area contributed by atoms with Crippen molar-refractivity contribution in [1.29, 1.82) is 0 Å². The van der Waals surface area contributed by atoms with Gasteiger partial charge in [-0.05, 0) is 50.3 Å². The van der Waals surface area contributed by atoms with Crippen LogP contribution in [0.15, 0.2) is 30.3 Å². The summed E-state index contributed by atoms with van der Waals surface area (Å²) in [4.78, 5) is 27.9. The molecule has 2 amide bonds. The first-order chi connectivity index (χ1) is 12.7. The Morgan fingerprint density at radius 2 is 1.85 bits per heavy atom. The van der Waals surface area contributed by atoms with Crippen molar-refractivity contribution in [2.75, 3.05) is 31.5 Å². The standard InChI is InChI=1S/C21H29N3O2/c25-19(23-18-7-2-1-3-8-18)16-9-12-24(13-10-16)20(26)21-11-5-4-6-17(21)14-22-15-21/h1-3,7-8,16-17,22H,4-6,9-15H2,(H,23,25)/t17-,21+/m0/s1. The van der Waals surface area contributed by atoms with E-state index < -0.39 is 0 Å². The van der Waals surface area contributed by atoms with Crippen LogP contribution in [0.5, 0.6) is 0 Å². The Hall–Kier alpha value is -1.88. The fourth-order valence-electron chi connectivity index (χ4n) is 5.09. The molecule has 0 bridgehead atoms. The monoisotopic (exact) mass is 355 g/mol. The van der Waals surface area contributed by atoms with Crippen molar-refractivity contribution in [2.45, 2.75) is 38.5 Å². The lowest BCUT2D eigenvalue weighted by molar-refractivity contribution is -0.147. The van der Waals surface area contributed by atoms with Crippen LogP contribution in [0.1, 0.15) is 38.5 Å². The van der Waals surface area contributed by atoms with Crippen LogP contribution in [0.4, 0.5) is 5.69 Å². The predicted molar refractivity (Wildman–Crippen MR) is 102 cm³/mol. The lowest BCUT2D eigenvalue weighted by Crippen LogP contribution is -2.52. The molecule has 1 aliphatic carbocycles. The first-order valence-electron chi connectivity index (χ1n) is 10.0. The maximum Gasteiger partial charge on any atom is 0.230 e. The fraction of sp³-hybridized carbons (Fsp3) is 0.619. The van der Waals surface area contributed by atoms with Crippen LogP contribution in [0.2, 0.25) is 0 Å². The van der Waals surface area contributed by atoms with Crippen LogP contribution in [-0.2, 0) is 9.59 Å². The van der Waals surface area contributed by atoms with Crippen LogP contribution < -0.4 is 10.6 Å². The zero-order chi connectivity index (χ0) is 18.0. The van der Waals surface area contributed by atoms with Crippen molar-refractivity contribution in [3.05, 3.63) is 30.3 Å². The highest BCUT2D eigenvalue weighted by atomic mass is 16.2. The maximum absolute atomic E-state index is 13.3. The number of hydrogen-bond acceptors (Lipinski definition) is 3. The van der Waals surface area contributed by atoms with Gasteiger partial charge in [0.15, 0.2) is 0 Å². The van der Waals surface area contributed by atoms with Gasteiger partial charge in [-0.25, -0.2) is 0 Å². The predicted octanol–water partition coefficient (Wildman–Crippen LogP) is 2.64. The summed E-state index contributed by atoms with van der Waals surface area (Å²) in [5.41, 5.74) is 0.675. The third-order valence-corrected chi connectivity index (χ3v) is 6.66. The fourth-order valence-corrected chi connectivity index (χ4v) is 5.09. The van der Waals surface area contributed by atoms with Gasteiger partial charge < -0.3 is 15.5 Å². The number of anilines is 1. The van der Waals surface area contributed by atoms with E-state index >= 15 is 0 Å². The number of nitrogens with zero attached hydrogens (tertiary/aromatic N) is 1. The summed E-state index contributed by atoms with van der Waals surface area (Å²) in [6.07, 6.45) is 6.15. The van der Waals surface area contributed by atoms with Gasteiger partial charge in [-0.1, -0.05) is 31.0 Å². The van der Waals surface area contributed by atoms with E-state index in [1.54, 1.807) is 0 Å². The molecule has 1 aromatic carbocycles. The van der Waals surface area contributed by atoms with Gasteiger partial charge >= 0.3 is 0 Å². The quantitative estimate of drug-likeness (QED) is 0.876. The van der Waals surface area contributed by atoms with Crippen molar-refractivity contribution in [1.82, 2.24) is 10.2 Å². The highest BCUT2D eigenvalue weighted by molar-refractivity contribution is 5.92. The minimum absolute atomic E-state index is 0.000567. The zero-order valence-corrected chi connectivity index (χ0v) is 15.4. The average molecular weight is 355 g/mol. The zero-order valence-electron chi connectivity index (χ0n) is 15.4. The first-order valence-corrected chi connectivity index (χ1v) is 10.0. The van der Waals surface area contributed by atoms with Crippen molar-refractivity contribution in [3.63, 3.8) is 0 Å². The smallest absolute Gasteiger partial charge is 0.230 e. The molecule has 140 valence electrons. The minimum Gasteiger partial charge on any atom is -0.342 e. The van der Waals surface area contributed by atoms with E-state index in [0.717, 1.165) is 38.0 Å². The third kappa shape index (κ3) is 3.25. The number of carbonyl (C=O) groups excluding carboxylic acids is 2. The Bertz CT molecular complexity index is 654. The van der Waals surface area contributed by atoms with Gasteiger partial charge in [0.25, 0.3) is 0 Å². The van der Waals surface area contributed by atoms with E-state index in [9.17, 15) is 9.59 Å². The molecule has 5 nitrogen and oxygen atoms in total. The van der Waals surface area contributed by atoms with Crippen LogP contribution in [0, 0.1) is 17.3 Å². The van der Waals surface area contributed by atoms with Crippen molar-refractivity contribution in [3.8, 4) is 0 Å². The minimum atomic E-state index is -0.169. The molecule has 4 rings (SSSR count). The van der Waals surface area contributed by atoms with Gasteiger partial charge in [0.2, 0.25) is 11.8 Å². The Morgan fingerprint density at radius 1 is 1.08 bits per heavy atom. The molecule has 5 heteroatoms. The molecule has 2 atom stereocenters. The molecule has 0 aromatic heterocycles. The second-order valence-electron chi connectivity index (χ2n) is 8.15. The van der Waals surface area contributed by atoms with Crippen LogP contribution in [0.25, 0.3) is 0 Å². The molecule has 26 heavy (non-hydrogen) atoms. The maximum atomic E-state index is 13.3. The second kappa shape index (κ2) is 7.39. The normalized spacial score (nSPS) is 29.2. The number of amides is 2. The topological polar surface area (TPSA) is 61.4 Å². The largest absolute Gasteiger partial charge is 0.342 e. The molecule has 2 saturated heterocycles. The molecule has 2 aliphatic heterocycles. The lowest BCUT2D eigenvalue weighted by atomic mass is 9.67. The number of carbonyl (C=O) groups is 2. The summed E-state index contributed by atoms with van der Waals surface area (Å²) in [5.74, 6) is 0.928. The lowest BCUT2D eigenvalue weighted by Gasteiger charge is -2.42. The summed E-state index contributed by atoms with van der Waals surface area (Å²) < 4.78 is 0. The Morgan fingerprint density at radius 3 is 2.62 bits per heavy atom. The van der Waals surface area contributed by atoms with Crippen LogP contribution in [0.3, 0.4) is 0 Å². The molecular weight excluding hydrogens is 326 g/mol. The van der Waals surface area contributed by atoms with Gasteiger partial charge in [-0.15, -0.1) is 0 Å². The number of para-hydroxylation sites is 1. The SMILES string of the molecule is O=C(Nc1ccccc1)C1CCN(C(=O)[C@@]23CCCC[C@H]2CNC3)CC1. The van der Waals surface area contributed by atoms with E-state index in [0.29, 0.717) is 24.9 Å². The van der Waals surface area contributed by atoms with E-state index in [-0.39, 0.29) is 17.2 Å². The molecule has 2 N–H and O–H groups in total. The number of benzene rings is 1. The second-order valence-corrected chi connectivity index (χ2v) is 8.15. The Balaban J connectivity index is 1.34. The number of likely N-dealkylation sites (tertiary alicyclic amines) is 1. The molecule has 1 aromatic rings. The summed E-state index contributed by atoms with van der Waals surface area (Å²) >= 11 is 0. The van der Waals surface area contributed by atoms with Crippen molar-refractivity contribution in [2.24, 2.45) is 17.3 Å². The highest BCUT2D eigenvalue weighted by Gasteiger charge is 2.51. The van der Waals surface area contributed by atoms with Gasteiger partial charge in [0, 0.05) is 31.2 Å². The number of hydrogen-bond donors (Lipinski definition) is 2. The number of fused-ring (bicyclic) bond motifs is 1. The van der Waals surface area contributed by atoms with E-state index in [2.05, 4.69) is 10.6 Å². The molecule has 0 unspecified atom stereocenters. The van der Waals surface area contributed by atoms with Gasteiger partial charge in [-0.2, -0.15) is 0 Å². The Kier molecular flexibility index (Phi) is 4.98. The van der Waals surface area contributed by atoms with Crippen molar-refractivity contribution < 1.29 is 9.59 Å². The summed E-state index contributed by atoms with van der Waals surface area (Å²) in [7, 11) is 0. The van der Waals surface area contributed by atoms with Crippen LogP contribution in [-0.4, -0.2) is 42.9 Å². The van der Waals surface area contributed by atoms with Crippen LogP contribution >= 0.6 is 0 Å². The number of piperidine rings is 1. The molecule has 0 spiro atoms. The van der Waals surface area contributed by atoms with E-state index in [4.69, 9.17) is 0 Å². The molecule has 0 radical (unpaired) electrons. The summed E-state index contributed by atoms with van der Waals surface area (Å²) in [6.45, 7) is 3.24. The van der Waals surface area contributed by atoms with Gasteiger partial charge in [0.1, 0.15) is 0 Å². The molecule has 1 saturated carbocycles. The molecule has 3 aliphatic rings. The highest BCUT2D eigenvalue weighted by Crippen LogP contribution is 2.45. The number of rotatable bonds is 3. The molecule has 3 fully saturated rings. The summed E-state index contributed by atoms with van der Waals surface area (Å²) in [5, 5.41) is 6.47. The number of nitrogens with one attached hydrogen (secondary N) is 2. The van der Waals surface area contributed by atoms with Crippen molar-refractivity contribution >= 4 is 17.5 Å². The third-order valence-electron chi connectivity index (χ3n) is 6.66. The average Bonchev–Trinajstić information content (AvgIpc) is 3.13. The van der Waals surface area contributed by atoms with E-state index in [1.165, 1.54) is 19.3 Å². The van der Waals surface area contributed by atoms with Gasteiger partial charge in [-0.3, -0.25) is 9.59 Å². The molecular formula is C21H29N3O2. The van der Waals surface area contributed by atoms with E-state index in [1.807, 2.05) is 35.2 Å². The Labute approximate surface area is 155 Å². The van der Waals surface area contributed by atoms with Gasteiger partial charge in [0.05, 0.1) is 5.41 Å². The summed E-state index contributed by atoms with van der Waals surface area (Å²) in [6, 6.07) is 9.60.